The van der Waals surface area contributed by atoms with Crippen molar-refractivity contribution in [3.05, 3.63) is 48.5 Å². The summed E-state index contributed by atoms with van der Waals surface area (Å²) in [6.45, 7) is 4.87. The van der Waals surface area contributed by atoms with Crippen molar-refractivity contribution in [3.8, 4) is 5.75 Å². The van der Waals surface area contributed by atoms with Crippen LogP contribution in [-0.4, -0.2) is 27.8 Å². The number of amides is 1. The highest BCUT2D eigenvalue weighted by Gasteiger charge is 2.13. The first-order valence-electron chi connectivity index (χ1n) is 8.32. The number of imidazole rings is 1. The van der Waals surface area contributed by atoms with Crippen molar-refractivity contribution < 1.29 is 9.53 Å². The smallest absolute Gasteiger partial charge is 0.244 e. The number of fused-ring (bicyclic) bond motifs is 1. The first kappa shape index (κ1) is 17.4. The number of benzene rings is 2. The third-order valence-corrected chi connectivity index (χ3v) is 4.50. The lowest BCUT2D eigenvalue weighted by Crippen LogP contribution is -2.19. The van der Waals surface area contributed by atoms with Gasteiger partial charge in [-0.05, 0) is 49.1 Å². The number of nitrogens with one attached hydrogen (secondary N) is 1. The van der Waals surface area contributed by atoms with Crippen LogP contribution < -0.4 is 10.1 Å². The van der Waals surface area contributed by atoms with Crippen LogP contribution in [0.15, 0.2) is 53.7 Å². The van der Waals surface area contributed by atoms with E-state index in [9.17, 15) is 4.79 Å². The lowest BCUT2D eigenvalue weighted by atomic mass is 10.3. The van der Waals surface area contributed by atoms with Crippen molar-refractivity contribution in [2.45, 2.75) is 25.5 Å². The zero-order valence-corrected chi connectivity index (χ0v) is 15.2. The Balaban J connectivity index is 1.76. The van der Waals surface area contributed by atoms with E-state index in [4.69, 9.17) is 4.74 Å². The number of anilines is 1. The number of nitrogens with zero attached hydrogens (tertiary/aromatic N) is 2. The van der Waals surface area contributed by atoms with Crippen molar-refractivity contribution in [2.75, 3.05) is 17.7 Å². The number of rotatable bonds is 7. The Morgan fingerprint density at radius 2 is 1.92 bits per heavy atom. The Kier molecular flexibility index (Phi) is 5.60. The van der Waals surface area contributed by atoms with Crippen LogP contribution in [0.5, 0.6) is 5.75 Å². The fourth-order valence-electron chi connectivity index (χ4n) is 2.59. The number of aromatic nitrogens is 2. The van der Waals surface area contributed by atoms with Gasteiger partial charge in [-0.1, -0.05) is 30.8 Å². The zero-order valence-electron chi connectivity index (χ0n) is 14.4. The third kappa shape index (κ3) is 4.14. The van der Waals surface area contributed by atoms with E-state index in [0.29, 0.717) is 6.61 Å². The van der Waals surface area contributed by atoms with Crippen molar-refractivity contribution >= 4 is 34.4 Å². The Morgan fingerprint density at radius 1 is 1.16 bits per heavy atom. The highest BCUT2D eigenvalue weighted by Crippen LogP contribution is 2.24. The first-order chi connectivity index (χ1) is 12.2. The maximum atomic E-state index is 12.5. The van der Waals surface area contributed by atoms with E-state index in [-0.39, 0.29) is 12.5 Å². The van der Waals surface area contributed by atoms with Crippen LogP contribution in [-0.2, 0) is 11.3 Å². The summed E-state index contributed by atoms with van der Waals surface area (Å²) in [6, 6.07) is 15.3. The standard InChI is InChI=1S/C19H21N3O2S/c1-3-24-15-11-9-14(10-12-15)20-18(23)13-22-17-8-6-5-7-16(17)21-19(22)25-4-2/h5-12H,3-4,13H2,1-2H3,(H,20,23). The van der Waals surface area contributed by atoms with E-state index < -0.39 is 0 Å². The molecule has 130 valence electrons. The molecule has 2 aromatic carbocycles. The van der Waals surface area contributed by atoms with E-state index in [0.717, 1.165) is 33.4 Å². The van der Waals surface area contributed by atoms with Gasteiger partial charge in [-0.2, -0.15) is 0 Å². The average Bonchev–Trinajstić information content (AvgIpc) is 2.95. The van der Waals surface area contributed by atoms with Crippen LogP contribution in [0.1, 0.15) is 13.8 Å². The number of hydrogen-bond donors (Lipinski definition) is 1. The molecule has 1 N–H and O–H groups in total. The fraction of sp³-hybridized carbons (Fsp3) is 0.263. The van der Waals surface area contributed by atoms with Gasteiger partial charge in [0.1, 0.15) is 12.3 Å². The summed E-state index contributed by atoms with van der Waals surface area (Å²) in [5, 5.41) is 3.80. The van der Waals surface area contributed by atoms with E-state index >= 15 is 0 Å². The number of carbonyl (C=O) groups is 1. The van der Waals surface area contributed by atoms with Crippen LogP contribution in [0.2, 0.25) is 0 Å². The molecule has 25 heavy (non-hydrogen) atoms. The lowest BCUT2D eigenvalue weighted by molar-refractivity contribution is -0.116. The van der Waals surface area contributed by atoms with Crippen molar-refractivity contribution in [1.29, 1.82) is 0 Å². The van der Waals surface area contributed by atoms with Gasteiger partial charge in [-0.3, -0.25) is 4.79 Å². The number of para-hydroxylation sites is 2. The molecule has 1 amide bonds. The van der Waals surface area contributed by atoms with E-state index in [1.165, 1.54) is 0 Å². The van der Waals surface area contributed by atoms with Crippen molar-refractivity contribution in [1.82, 2.24) is 9.55 Å². The summed E-state index contributed by atoms with van der Waals surface area (Å²) in [5.41, 5.74) is 2.63. The van der Waals surface area contributed by atoms with Crippen molar-refractivity contribution in [3.63, 3.8) is 0 Å². The molecule has 0 bridgehead atoms. The van der Waals surface area contributed by atoms with E-state index in [1.54, 1.807) is 11.8 Å². The maximum absolute atomic E-state index is 12.5. The molecule has 5 nitrogen and oxygen atoms in total. The number of ether oxygens (including phenoxy) is 1. The molecule has 0 saturated heterocycles. The highest BCUT2D eigenvalue weighted by molar-refractivity contribution is 7.99. The SMILES string of the molecule is CCOc1ccc(NC(=O)Cn2c(SCC)nc3ccccc32)cc1. The van der Waals surface area contributed by atoms with Gasteiger partial charge < -0.3 is 14.6 Å². The topological polar surface area (TPSA) is 56.1 Å². The molecule has 0 radical (unpaired) electrons. The predicted molar refractivity (Wildman–Crippen MR) is 102 cm³/mol. The van der Waals surface area contributed by atoms with Gasteiger partial charge in [0, 0.05) is 5.69 Å². The molecule has 0 spiro atoms. The molecular weight excluding hydrogens is 334 g/mol. The Bertz CT molecular complexity index is 859. The van der Waals surface area contributed by atoms with Gasteiger partial charge in [0.2, 0.25) is 5.91 Å². The Hall–Kier alpha value is -2.47. The monoisotopic (exact) mass is 355 g/mol. The summed E-state index contributed by atoms with van der Waals surface area (Å²) in [4.78, 5) is 17.1. The molecule has 3 aromatic rings. The number of thioether (sulfide) groups is 1. The molecule has 0 aliphatic heterocycles. The van der Waals surface area contributed by atoms with Gasteiger partial charge >= 0.3 is 0 Å². The lowest BCUT2D eigenvalue weighted by Gasteiger charge is -2.10. The zero-order chi connectivity index (χ0) is 17.6. The largest absolute Gasteiger partial charge is 0.494 e. The molecule has 0 saturated carbocycles. The predicted octanol–water partition coefficient (Wildman–Crippen LogP) is 4.19. The minimum atomic E-state index is -0.0785. The normalized spacial score (nSPS) is 10.8. The number of hydrogen-bond acceptors (Lipinski definition) is 4. The van der Waals surface area contributed by atoms with E-state index in [1.807, 2.05) is 60.0 Å². The molecular formula is C19H21N3O2S. The molecule has 0 aliphatic rings. The van der Waals surface area contributed by atoms with Gasteiger partial charge in [-0.15, -0.1) is 0 Å². The molecule has 6 heteroatoms. The summed E-state index contributed by atoms with van der Waals surface area (Å²) < 4.78 is 7.38. The Morgan fingerprint density at radius 3 is 2.64 bits per heavy atom. The van der Waals surface area contributed by atoms with Crippen LogP contribution >= 0.6 is 11.8 Å². The molecule has 0 unspecified atom stereocenters. The molecule has 0 atom stereocenters. The van der Waals surface area contributed by atoms with Crippen LogP contribution in [0.4, 0.5) is 5.69 Å². The van der Waals surface area contributed by atoms with Crippen molar-refractivity contribution in [2.24, 2.45) is 0 Å². The van der Waals surface area contributed by atoms with Gasteiger partial charge in [-0.25, -0.2) is 4.98 Å². The second kappa shape index (κ2) is 8.07. The molecule has 0 fully saturated rings. The minimum Gasteiger partial charge on any atom is -0.494 e. The fourth-order valence-corrected chi connectivity index (χ4v) is 3.33. The average molecular weight is 355 g/mol. The Labute approximate surface area is 151 Å². The maximum Gasteiger partial charge on any atom is 0.244 e. The van der Waals surface area contributed by atoms with Gasteiger partial charge in [0.15, 0.2) is 5.16 Å². The summed E-state index contributed by atoms with van der Waals surface area (Å²) in [7, 11) is 0. The summed E-state index contributed by atoms with van der Waals surface area (Å²) >= 11 is 1.64. The minimum absolute atomic E-state index is 0.0785. The molecule has 0 aliphatic carbocycles. The molecule has 1 heterocycles. The number of carbonyl (C=O) groups excluding carboxylic acids is 1. The molecule has 3 rings (SSSR count). The highest BCUT2D eigenvalue weighted by atomic mass is 32.2. The second-order valence-electron chi connectivity index (χ2n) is 5.41. The van der Waals surface area contributed by atoms with Crippen LogP contribution in [0.3, 0.4) is 0 Å². The first-order valence-corrected chi connectivity index (χ1v) is 9.30. The summed E-state index contributed by atoms with van der Waals surface area (Å²) in [5.74, 6) is 1.62. The van der Waals surface area contributed by atoms with Gasteiger partial charge in [0.25, 0.3) is 0 Å². The van der Waals surface area contributed by atoms with Crippen LogP contribution in [0, 0.1) is 0 Å². The second-order valence-corrected chi connectivity index (χ2v) is 6.64. The van der Waals surface area contributed by atoms with Crippen LogP contribution in [0.25, 0.3) is 11.0 Å². The quantitative estimate of drug-likeness (QED) is 0.646. The third-order valence-electron chi connectivity index (χ3n) is 3.64. The van der Waals surface area contributed by atoms with Gasteiger partial charge in [0.05, 0.1) is 17.6 Å². The molecule has 1 aromatic heterocycles. The summed E-state index contributed by atoms with van der Waals surface area (Å²) in [6.07, 6.45) is 0. The van der Waals surface area contributed by atoms with E-state index in [2.05, 4.69) is 17.2 Å².